The smallest absolute Gasteiger partial charge is 0.239 e. The molecule has 0 atom stereocenters. The molecule has 0 aliphatic carbocycles. The molecular formula is C17H16N6O4S. The van der Waals surface area contributed by atoms with Crippen molar-refractivity contribution in [2.45, 2.75) is 11.4 Å². The van der Waals surface area contributed by atoms with Crippen LogP contribution in [0.3, 0.4) is 0 Å². The van der Waals surface area contributed by atoms with Crippen molar-refractivity contribution in [3.63, 3.8) is 0 Å². The number of methoxy groups -OCH3 is 2. The van der Waals surface area contributed by atoms with Gasteiger partial charge in [-0.3, -0.25) is 9.97 Å². The first-order valence-electron chi connectivity index (χ1n) is 8.12. The Morgan fingerprint density at radius 1 is 1.04 bits per heavy atom. The highest BCUT2D eigenvalue weighted by Gasteiger charge is 2.15. The normalized spacial score (nSPS) is 11.8. The van der Waals surface area contributed by atoms with Crippen molar-refractivity contribution in [2.24, 2.45) is 5.14 Å². The molecule has 3 heterocycles. The Labute approximate surface area is 160 Å². The highest BCUT2D eigenvalue weighted by Crippen LogP contribution is 2.34. The first-order chi connectivity index (χ1) is 13.4. The molecule has 0 saturated heterocycles. The van der Waals surface area contributed by atoms with Crippen molar-refractivity contribution in [1.82, 2.24) is 25.0 Å². The van der Waals surface area contributed by atoms with E-state index in [2.05, 4.69) is 20.3 Å². The van der Waals surface area contributed by atoms with Gasteiger partial charge in [-0.05, 0) is 18.2 Å². The molecule has 11 heteroatoms. The predicted molar refractivity (Wildman–Crippen MR) is 101 cm³/mol. The summed E-state index contributed by atoms with van der Waals surface area (Å²) < 4.78 is 35.1. The highest BCUT2D eigenvalue weighted by atomic mass is 32.2. The maximum absolute atomic E-state index is 11.4. The van der Waals surface area contributed by atoms with Gasteiger partial charge in [0.05, 0.1) is 38.2 Å². The van der Waals surface area contributed by atoms with Gasteiger partial charge >= 0.3 is 0 Å². The van der Waals surface area contributed by atoms with Crippen molar-refractivity contribution in [3.8, 4) is 11.5 Å². The summed E-state index contributed by atoms with van der Waals surface area (Å²) in [4.78, 5) is 8.51. The van der Waals surface area contributed by atoms with Gasteiger partial charge in [-0.25, -0.2) is 18.2 Å². The SMILES string of the molecule is COc1cc2ncc3nnn(Cc4ccc(S(N)(=O)=O)cn4)c3c2cc1OC. The van der Waals surface area contributed by atoms with E-state index in [1.165, 1.54) is 12.3 Å². The monoisotopic (exact) mass is 400 g/mol. The van der Waals surface area contributed by atoms with Gasteiger partial charge in [-0.1, -0.05) is 5.21 Å². The average molecular weight is 400 g/mol. The van der Waals surface area contributed by atoms with Crippen LogP contribution in [0.4, 0.5) is 0 Å². The third kappa shape index (κ3) is 3.10. The lowest BCUT2D eigenvalue weighted by atomic mass is 10.1. The summed E-state index contributed by atoms with van der Waals surface area (Å²) in [6.07, 6.45) is 2.85. The summed E-state index contributed by atoms with van der Waals surface area (Å²) in [5, 5.41) is 14.2. The number of rotatable bonds is 5. The Morgan fingerprint density at radius 3 is 2.43 bits per heavy atom. The van der Waals surface area contributed by atoms with Crippen LogP contribution in [0, 0.1) is 0 Å². The molecule has 10 nitrogen and oxygen atoms in total. The lowest BCUT2D eigenvalue weighted by Crippen LogP contribution is -2.13. The highest BCUT2D eigenvalue weighted by molar-refractivity contribution is 7.89. The zero-order chi connectivity index (χ0) is 19.9. The Hall–Kier alpha value is -3.31. The molecule has 0 fully saturated rings. The van der Waals surface area contributed by atoms with Crippen molar-refractivity contribution in [3.05, 3.63) is 42.4 Å². The lowest BCUT2D eigenvalue weighted by Gasteiger charge is -2.10. The first-order valence-corrected chi connectivity index (χ1v) is 9.67. The molecule has 0 bridgehead atoms. The van der Waals surface area contributed by atoms with Crippen molar-refractivity contribution < 1.29 is 17.9 Å². The standard InChI is InChI=1S/C17H16N6O4S/c1-26-15-5-12-13(6-16(15)27-2)20-8-14-17(12)23(22-21-14)9-10-3-4-11(7-19-10)28(18,24)25/h3-8H,9H2,1-2H3,(H2,18,24,25). The van der Waals surface area contributed by atoms with Gasteiger partial charge in [-0.2, -0.15) is 0 Å². The lowest BCUT2D eigenvalue weighted by molar-refractivity contribution is 0.356. The third-order valence-electron chi connectivity index (χ3n) is 4.28. The topological polar surface area (TPSA) is 135 Å². The number of ether oxygens (including phenoxy) is 2. The number of pyridine rings is 2. The van der Waals surface area contributed by atoms with E-state index in [0.29, 0.717) is 28.2 Å². The van der Waals surface area contributed by atoms with Crippen LogP contribution in [0.2, 0.25) is 0 Å². The van der Waals surface area contributed by atoms with Gasteiger partial charge in [0, 0.05) is 17.6 Å². The van der Waals surface area contributed by atoms with E-state index in [1.54, 1.807) is 37.2 Å². The van der Waals surface area contributed by atoms with E-state index in [1.807, 2.05) is 6.07 Å². The number of nitrogens with zero attached hydrogens (tertiary/aromatic N) is 5. The molecule has 144 valence electrons. The maximum Gasteiger partial charge on any atom is 0.239 e. The second kappa shape index (κ2) is 6.69. The van der Waals surface area contributed by atoms with Crippen LogP contribution in [0.5, 0.6) is 11.5 Å². The summed E-state index contributed by atoms with van der Waals surface area (Å²) in [6, 6.07) is 6.59. The fraction of sp³-hybridized carbons (Fsp3) is 0.176. The van der Waals surface area contributed by atoms with Crippen LogP contribution in [0.25, 0.3) is 21.9 Å². The van der Waals surface area contributed by atoms with Gasteiger partial charge in [0.1, 0.15) is 15.9 Å². The van der Waals surface area contributed by atoms with Gasteiger partial charge in [0.25, 0.3) is 0 Å². The number of fused-ring (bicyclic) bond motifs is 3. The zero-order valence-electron chi connectivity index (χ0n) is 15.0. The van der Waals surface area contributed by atoms with Crippen LogP contribution in [0.1, 0.15) is 5.69 Å². The summed E-state index contributed by atoms with van der Waals surface area (Å²) >= 11 is 0. The Morgan fingerprint density at radius 2 is 1.79 bits per heavy atom. The molecule has 2 N–H and O–H groups in total. The van der Waals surface area contributed by atoms with Gasteiger partial charge in [0.15, 0.2) is 11.5 Å². The van der Waals surface area contributed by atoms with Crippen LogP contribution < -0.4 is 14.6 Å². The van der Waals surface area contributed by atoms with Crippen molar-refractivity contribution >= 4 is 32.0 Å². The average Bonchev–Trinajstić information content (AvgIpc) is 3.09. The maximum atomic E-state index is 11.4. The van der Waals surface area contributed by atoms with Crippen LogP contribution in [-0.2, 0) is 16.6 Å². The first kappa shape index (κ1) is 18.1. The zero-order valence-corrected chi connectivity index (χ0v) is 15.8. The molecule has 28 heavy (non-hydrogen) atoms. The third-order valence-corrected chi connectivity index (χ3v) is 5.18. The summed E-state index contributed by atoms with van der Waals surface area (Å²) in [6.45, 7) is 0.287. The van der Waals surface area contributed by atoms with Crippen molar-refractivity contribution in [2.75, 3.05) is 14.2 Å². The number of aromatic nitrogens is 5. The molecule has 0 aliphatic heterocycles. The quantitative estimate of drug-likeness (QED) is 0.526. The number of benzene rings is 1. The molecule has 3 aromatic heterocycles. The number of nitrogens with two attached hydrogens (primary N) is 1. The van der Waals surface area contributed by atoms with Crippen molar-refractivity contribution in [1.29, 1.82) is 0 Å². The fourth-order valence-corrected chi connectivity index (χ4v) is 3.38. The Bertz CT molecular complexity index is 1280. The van der Waals surface area contributed by atoms with Gasteiger partial charge < -0.3 is 9.47 Å². The van der Waals surface area contributed by atoms with Gasteiger partial charge in [-0.15, -0.1) is 5.10 Å². The fourth-order valence-electron chi connectivity index (χ4n) is 2.92. The molecule has 0 radical (unpaired) electrons. The molecule has 0 unspecified atom stereocenters. The summed E-state index contributed by atoms with van der Waals surface area (Å²) in [5.74, 6) is 1.13. The van der Waals surface area contributed by atoms with E-state index >= 15 is 0 Å². The molecule has 4 rings (SSSR count). The minimum Gasteiger partial charge on any atom is -0.493 e. The number of primary sulfonamides is 1. The van der Waals surface area contributed by atoms with Gasteiger partial charge in [0.2, 0.25) is 10.0 Å². The molecular weight excluding hydrogens is 384 g/mol. The molecule has 0 aliphatic rings. The van der Waals surface area contributed by atoms with Crippen LogP contribution >= 0.6 is 0 Å². The predicted octanol–water partition coefficient (Wildman–Crippen LogP) is 1.09. The van der Waals surface area contributed by atoms with Crippen LogP contribution in [0.15, 0.2) is 41.6 Å². The molecule has 0 spiro atoms. The second-order valence-corrected chi connectivity index (χ2v) is 7.56. The minimum atomic E-state index is -3.79. The second-order valence-electron chi connectivity index (χ2n) is 5.99. The van der Waals surface area contributed by atoms with E-state index in [0.717, 1.165) is 10.9 Å². The van der Waals surface area contributed by atoms with E-state index in [9.17, 15) is 8.42 Å². The van der Waals surface area contributed by atoms with E-state index < -0.39 is 10.0 Å². The Kier molecular flexibility index (Phi) is 4.32. The number of hydrogen-bond donors (Lipinski definition) is 1. The molecule has 0 amide bonds. The Balaban J connectivity index is 1.82. The number of hydrogen-bond acceptors (Lipinski definition) is 8. The van der Waals surface area contributed by atoms with E-state index in [4.69, 9.17) is 14.6 Å². The van der Waals surface area contributed by atoms with Crippen LogP contribution in [-0.4, -0.2) is 47.6 Å². The summed E-state index contributed by atoms with van der Waals surface area (Å²) in [5.41, 5.74) is 2.67. The molecule has 4 aromatic rings. The molecule has 1 aromatic carbocycles. The van der Waals surface area contributed by atoms with E-state index in [-0.39, 0.29) is 11.4 Å². The summed E-state index contributed by atoms with van der Waals surface area (Å²) in [7, 11) is -0.671. The number of sulfonamides is 1. The minimum absolute atomic E-state index is 0.0498. The molecule has 0 saturated carbocycles. The largest absolute Gasteiger partial charge is 0.493 e.